The Labute approximate surface area is 272 Å². The van der Waals surface area contributed by atoms with Crippen molar-refractivity contribution in [2.75, 3.05) is 13.2 Å². The fourth-order valence-corrected chi connectivity index (χ4v) is 4.04. The van der Waals surface area contributed by atoms with E-state index in [-0.39, 0.29) is 18.8 Å². The van der Waals surface area contributed by atoms with Crippen LogP contribution >= 0.6 is 0 Å². The highest BCUT2D eigenvalue weighted by Gasteiger charge is 2.38. The Balaban J connectivity index is 0.000000826. The average molecular weight is 671 g/mol. The van der Waals surface area contributed by atoms with Crippen molar-refractivity contribution in [2.45, 2.75) is 78.2 Å². The molecule has 256 valence electrons. The summed E-state index contributed by atoms with van der Waals surface area (Å²) in [5.74, 6) is 0.380. The molecule has 3 N–H and O–H groups in total. The predicted molar refractivity (Wildman–Crippen MR) is 179 cm³/mol. The van der Waals surface area contributed by atoms with Crippen LogP contribution in [-0.4, -0.2) is 33.5 Å². The molecule has 1 atom stereocenters. The summed E-state index contributed by atoms with van der Waals surface area (Å²) in [6.07, 6.45) is 2.34. The molecule has 0 spiro atoms. The van der Waals surface area contributed by atoms with Gasteiger partial charge in [0, 0.05) is 25.2 Å². The molecule has 0 aliphatic heterocycles. The summed E-state index contributed by atoms with van der Waals surface area (Å²) in [6, 6.07) is 16.4. The van der Waals surface area contributed by atoms with Crippen molar-refractivity contribution in [3.05, 3.63) is 109 Å². The van der Waals surface area contributed by atoms with Crippen molar-refractivity contribution < 1.29 is 30.9 Å². The molecule has 3 rings (SSSR count). The van der Waals surface area contributed by atoms with Gasteiger partial charge in [-0.2, -0.15) is 22.0 Å². The molecule has 0 bridgehead atoms. The number of rotatable bonds is 12. The summed E-state index contributed by atoms with van der Waals surface area (Å²) in [7, 11) is -1.34. The minimum atomic E-state index is -4.48. The Morgan fingerprint density at radius 2 is 1.72 bits per heavy atom. The highest BCUT2D eigenvalue weighted by atomic mass is 32.2. The largest absolute Gasteiger partial charge is 0.435 e. The topological polar surface area (TPSA) is 82.2 Å². The SMILES string of the molecule is C/C=C(\C)CNCc1c(C(F)(F)F)nc(-c2ccccc2)n1CCCC.C/C=C\COC(F)F.C=C.Cc1ccc(S(N)=O)cc1. The number of halogens is 5. The quantitative estimate of drug-likeness (QED) is 0.149. The molecule has 3 aromatic rings. The minimum Gasteiger partial charge on any atom is -0.326 e. The lowest BCUT2D eigenvalue weighted by molar-refractivity contribution is -0.141. The highest BCUT2D eigenvalue weighted by Crippen LogP contribution is 2.35. The fraction of sp³-hybridized carbons (Fsp3) is 0.382. The molecule has 0 amide bonds. The number of nitrogens with one attached hydrogen (secondary N) is 1. The number of nitrogens with two attached hydrogens (primary N) is 1. The molecule has 0 saturated carbocycles. The van der Waals surface area contributed by atoms with E-state index < -0.39 is 29.5 Å². The van der Waals surface area contributed by atoms with E-state index in [1.54, 1.807) is 41.8 Å². The first-order valence-corrected chi connectivity index (χ1v) is 15.8. The van der Waals surface area contributed by atoms with Crippen LogP contribution in [0.15, 0.2) is 96.5 Å². The fourth-order valence-electron chi connectivity index (χ4n) is 3.63. The number of imidazole rings is 1. The van der Waals surface area contributed by atoms with Gasteiger partial charge >= 0.3 is 12.8 Å². The standard InChI is InChI=1S/C20H26F3N3.C7H9NOS.C5H8F2O.C2H4/c1-4-6-12-26-17(14-24-13-15(3)5-2)18(20(21,22)23)25-19(26)16-10-8-7-9-11-16;1-6-2-4-7(5-3-6)10(8)9;1-2-3-4-8-5(6)7;1-2/h5,7-11,24H,4,6,12-14H2,1-3H3;2-5H,8H2,1H3;2-3,5H,4H2,1H3;1-2H2/b15-5+;;3-2-;. The average Bonchev–Trinajstić information content (AvgIpc) is 3.41. The van der Waals surface area contributed by atoms with E-state index in [1.165, 1.54) is 6.08 Å². The summed E-state index contributed by atoms with van der Waals surface area (Å²) in [5.41, 5.74) is 2.34. The molecule has 1 unspecified atom stereocenters. The number of aryl methyl sites for hydroxylation is 1. The third-order valence-corrected chi connectivity index (χ3v) is 6.84. The molecular formula is C34H47F5N4O2S. The second kappa shape index (κ2) is 23.8. The Hall–Kier alpha value is -3.45. The minimum absolute atomic E-state index is 0.00579. The second-order valence-electron chi connectivity index (χ2n) is 9.61. The van der Waals surface area contributed by atoms with Gasteiger partial charge in [0.05, 0.1) is 17.2 Å². The molecule has 1 heterocycles. The Kier molecular flexibility index (Phi) is 22.0. The van der Waals surface area contributed by atoms with E-state index in [4.69, 9.17) is 5.14 Å². The van der Waals surface area contributed by atoms with Crippen LogP contribution in [0.3, 0.4) is 0 Å². The van der Waals surface area contributed by atoms with Crippen LogP contribution in [0, 0.1) is 6.92 Å². The van der Waals surface area contributed by atoms with Crippen LogP contribution in [0.1, 0.15) is 57.5 Å². The van der Waals surface area contributed by atoms with Crippen molar-refractivity contribution in [3.8, 4) is 11.4 Å². The lowest BCUT2D eigenvalue weighted by Gasteiger charge is -2.14. The number of unbranched alkanes of at least 4 members (excludes halogenated alkanes) is 1. The number of benzene rings is 2. The Morgan fingerprint density at radius 3 is 2.20 bits per heavy atom. The van der Waals surface area contributed by atoms with Crippen LogP contribution < -0.4 is 10.5 Å². The molecule has 0 radical (unpaired) electrons. The normalized spacial score (nSPS) is 12.0. The van der Waals surface area contributed by atoms with Crippen LogP contribution in [0.4, 0.5) is 22.0 Å². The van der Waals surface area contributed by atoms with Crippen molar-refractivity contribution in [1.82, 2.24) is 14.9 Å². The van der Waals surface area contributed by atoms with E-state index in [9.17, 15) is 26.2 Å². The van der Waals surface area contributed by atoms with E-state index >= 15 is 0 Å². The number of allylic oxidation sites excluding steroid dienone is 2. The summed E-state index contributed by atoms with van der Waals surface area (Å²) in [6.45, 7) is 14.1. The molecule has 46 heavy (non-hydrogen) atoms. The molecule has 1 aromatic heterocycles. The van der Waals surface area contributed by atoms with Crippen molar-refractivity contribution in [2.24, 2.45) is 5.14 Å². The number of hydrogen-bond donors (Lipinski definition) is 2. The van der Waals surface area contributed by atoms with Gasteiger partial charge in [-0.05, 0) is 46.2 Å². The summed E-state index contributed by atoms with van der Waals surface area (Å²) >= 11 is 0. The van der Waals surface area contributed by atoms with E-state index in [1.807, 2.05) is 64.1 Å². The first kappa shape index (κ1) is 42.6. The monoisotopic (exact) mass is 670 g/mol. The molecule has 0 aliphatic rings. The van der Waals surface area contributed by atoms with Gasteiger partial charge in [-0.1, -0.05) is 85.2 Å². The summed E-state index contributed by atoms with van der Waals surface area (Å²) in [5, 5.41) is 8.25. The van der Waals surface area contributed by atoms with Gasteiger partial charge in [0.25, 0.3) is 0 Å². The second-order valence-corrected chi connectivity index (χ2v) is 10.7. The van der Waals surface area contributed by atoms with E-state index in [2.05, 4.69) is 28.2 Å². The van der Waals surface area contributed by atoms with Gasteiger partial charge in [-0.15, -0.1) is 13.2 Å². The zero-order chi connectivity index (χ0) is 35.1. The lowest BCUT2D eigenvalue weighted by atomic mass is 10.2. The predicted octanol–water partition coefficient (Wildman–Crippen LogP) is 9.01. The first-order valence-electron chi connectivity index (χ1n) is 14.6. The van der Waals surface area contributed by atoms with Gasteiger partial charge in [-0.3, -0.25) is 0 Å². The zero-order valence-electron chi connectivity index (χ0n) is 27.2. The number of ether oxygens (including phenoxy) is 1. The third kappa shape index (κ3) is 16.7. The van der Waals surface area contributed by atoms with Gasteiger partial charge in [-0.25, -0.2) is 14.3 Å². The Bertz CT molecular complexity index is 1330. The smallest absolute Gasteiger partial charge is 0.326 e. The number of aromatic nitrogens is 2. The van der Waals surface area contributed by atoms with Gasteiger partial charge in [0.2, 0.25) is 0 Å². The maximum Gasteiger partial charge on any atom is 0.435 e. The maximum absolute atomic E-state index is 13.6. The number of alkyl halides is 5. The maximum atomic E-state index is 13.6. The van der Waals surface area contributed by atoms with Gasteiger partial charge < -0.3 is 14.6 Å². The van der Waals surface area contributed by atoms with Crippen LogP contribution in [-0.2, 0) is 35.0 Å². The molecule has 0 saturated heterocycles. The van der Waals surface area contributed by atoms with E-state index in [0.29, 0.717) is 29.4 Å². The molecule has 12 heteroatoms. The number of hydrogen-bond acceptors (Lipinski definition) is 4. The van der Waals surface area contributed by atoms with Crippen molar-refractivity contribution in [1.29, 1.82) is 0 Å². The van der Waals surface area contributed by atoms with Crippen LogP contribution in [0.25, 0.3) is 11.4 Å². The lowest BCUT2D eigenvalue weighted by Crippen LogP contribution is -2.21. The van der Waals surface area contributed by atoms with Crippen LogP contribution in [0.5, 0.6) is 0 Å². The first-order chi connectivity index (χ1) is 21.8. The number of nitrogens with zero attached hydrogens (tertiary/aromatic N) is 2. The molecule has 2 aromatic carbocycles. The van der Waals surface area contributed by atoms with Crippen LogP contribution in [0.2, 0.25) is 0 Å². The molecule has 6 nitrogen and oxygen atoms in total. The van der Waals surface area contributed by atoms with E-state index in [0.717, 1.165) is 24.0 Å². The van der Waals surface area contributed by atoms with Gasteiger partial charge in [0.15, 0.2) is 5.69 Å². The van der Waals surface area contributed by atoms with Crippen molar-refractivity contribution >= 4 is 11.0 Å². The Morgan fingerprint density at radius 1 is 1.11 bits per heavy atom. The van der Waals surface area contributed by atoms with Gasteiger partial charge in [0.1, 0.15) is 16.8 Å². The molecule has 0 fully saturated rings. The van der Waals surface area contributed by atoms with Crippen molar-refractivity contribution in [3.63, 3.8) is 0 Å². The summed E-state index contributed by atoms with van der Waals surface area (Å²) < 4.78 is 79.3. The zero-order valence-corrected chi connectivity index (χ0v) is 28.1. The third-order valence-electron chi connectivity index (χ3n) is 6.10. The molecule has 0 aliphatic carbocycles. The molecular weight excluding hydrogens is 623 g/mol. The summed E-state index contributed by atoms with van der Waals surface area (Å²) in [4.78, 5) is 4.68. The highest BCUT2D eigenvalue weighted by molar-refractivity contribution is 7.82.